The van der Waals surface area contributed by atoms with E-state index in [2.05, 4.69) is 27.3 Å². The van der Waals surface area contributed by atoms with Crippen molar-refractivity contribution in [3.63, 3.8) is 0 Å². The fourth-order valence-corrected chi connectivity index (χ4v) is 4.11. The molecule has 4 atom stereocenters. The first kappa shape index (κ1) is 29.4. The Balaban J connectivity index is 1.86. The maximum Gasteiger partial charge on any atom is 0.412 e. The SMILES string of the molecule is CCCCCOC(=O)Nc1ncnn2c([C@]3(/C=N\C)O[C@H](CO)[C@@H](OCOC(=O)C(C)(C)C)[C@H]3O)ccc12. The number of fused-ring (bicyclic) bond motifs is 1. The highest BCUT2D eigenvalue weighted by Crippen LogP contribution is 2.41. The molecular weight excluding hydrogens is 498 g/mol. The van der Waals surface area contributed by atoms with Crippen molar-refractivity contribution in [1.29, 1.82) is 0 Å². The third-order valence-corrected chi connectivity index (χ3v) is 6.08. The first-order valence-corrected chi connectivity index (χ1v) is 12.5. The van der Waals surface area contributed by atoms with Gasteiger partial charge in [0.15, 0.2) is 18.2 Å². The molecule has 3 N–H and O–H groups in total. The van der Waals surface area contributed by atoms with Gasteiger partial charge in [0, 0.05) is 13.3 Å². The second-order valence-corrected chi connectivity index (χ2v) is 9.99. The lowest BCUT2D eigenvalue weighted by Gasteiger charge is -2.28. The Morgan fingerprint density at radius 3 is 2.71 bits per heavy atom. The minimum Gasteiger partial charge on any atom is -0.449 e. The number of unbranched alkanes of at least 4 members (excludes halogenated alkanes) is 2. The summed E-state index contributed by atoms with van der Waals surface area (Å²) in [5.74, 6) is -0.283. The first-order chi connectivity index (χ1) is 18.1. The number of anilines is 1. The molecule has 0 radical (unpaired) electrons. The minimum atomic E-state index is -1.58. The summed E-state index contributed by atoms with van der Waals surface area (Å²) < 4.78 is 23.6. The van der Waals surface area contributed by atoms with Crippen molar-refractivity contribution in [2.24, 2.45) is 10.4 Å². The summed E-state index contributed by atoms with van der Waals surface area (Å²) in [6.07, 6.45) is 1.30. The van der Waals surface area contributed by atoms with Crippen molar-refractivity contribution < 1.29 is 38.7 Å². The van der Waals surface area contributed by atoms with Crippen molar-refractivity contribution >= 4 is 29.6 Å². The predicted octanol–water partition coefficient (Wildman–Crippen LogP) is 2.05. The maximum absolute atomic E-state index is 12.3. The third kappa shape index (κ3) is 6.29. The molecule has 38 heavy (non-hydrogen) atoms. The van der Waals surface area contributed by atoms with E-state index in [0.717, 1.165) is 19.3 Å². The molecule has 1 amide bonds. The molecule has 2 aromatic rings. The highest BCUT2D eigenvalue weighted by molar-refractivity contribution is 5.89. The topological polar surface area (TPSA) is 166 Å². The van der Waals surface area contributed by atoms with Gasteiger partial charge in [-0.15, -0.1) is 0 Å². The van der Waals surface area contributed by atoms with E-state index in [1.54, 1.807) is 32.9 Å². The molecule has 2 aromatic heterocycles. The molecule has 1 aliphatic heterocycles. The van der Waals surface area contributed by atoms with Crippen LogP contribution in [0.4, 0.5) is 10.6 Å². The van der Waals surface area contributed by atoms with Gasteiger partial charge in [-0.3, -0.25) is 15.1 Å². The molecule has 13 nitrogen and oxygen atoms in total. The normalized spacial score (nSPS) is 23.7. The summed E-state index contributed by atoms with van der Waals surface area (Å²) >= 11 is 0. The number of carbonyl (C=O) groups is 2. The Morgan fingerprint density at radius 2 is 2.05 bits per heavy atom. The average Bonchev–Trinajstić information content (AvgIpc) is 3.42. The van der Waals surface area contributed by atoms with Gasteiger partial charge in [-0.25, -0.2) is 14.3 Å². The second-order valence-electron chi connectivity index (χ2n) is 9.99. The van der Waals surface area contributed by atoms with Crippen LogP contribution in [0.25, 0.3) is 5.52 Å². The molecule has 0 saturated carbocycles. The van der Waals surface area contributed by atoms with Crippen LogP contribution in [-0.4, -0.2) is 88.5 Å². The summed E-state index contributed by atoms with van der Waals surface area (Å²) in [6.45, 7) is 6.54. The molecule has 0 aliphatic carbocycles. The number of esters is 1. The second kappa shape index (κ2) is 12.6. The number of ether oxygens (including phenoxy) is 4. The van der Waals surface area contributed by atoms with Crippen LogP contribution in [0.2, 0.25) is 0 Å². The number of aliphatic imine (C=N–C) groups is 1. The number of aliphatic hydroxyl groups is 2. The fraction of sp³-hybridized carbons (Fsp3) is 0.640. The van der Waals surface area contributed by atoms with Crippen LogP contribution >= 0.6 is 0 Å². The molecule has 1 aliphatic rings. The molecule has 0 unspecified atom stereocenters. The zero-order valence-corrected chi connectivity index (χ0v) is 22.4. The van der Waals surface area contributed by atoms with Gasteiger partial charge in [-0.2, -0.15) is 5.10 Å². The standard InChI is InChI=1S/C25H37N5O8/c1-6-7-8-11-35-23(34)29-21-16-9-10-18(30(16)28-14-27-21)25(13-26-5)20(32)19(17(12-31)38-25)36-15-37-22(33)24(2,3)4/h9-10,13-14,17,19-20,31-32H,6-8,11-12,15H2,1-5H3,(H,27,28,29,34)/b26-13-/t17-,19-,20-,25+/m1/s1. The molecule has 3 rings (SSSR count). The van der Waals surface area contributed by atoms with E-state index in [4.69, 9.17) is 18.9 Å². The first-order valence-electron chi connectivity index (χ1n) is 12.5. The van der Waals surface area contributed by atoms with Crippen molar-refractivity contribution in [2.75, 3.05) is 32.4 Å². The molecule has 13 heteroatoms. The van der Waals surface area contributed by atoms with E-state index >= 15 is 0 Å². The maximum atomic E-state index is 12.3. The van der Waals surface area contributed by atoms with Gasteiger partial charge in [0.2, 0.25) is 0 Å². The molecule has 3 heterocycles. The highest BCUT2D eigenvalue weighted by Gasteiger charge is 2.57. The van der Waals surface area contributed by atoms with Gasteiger partial charge in [0.05, 0.1) is 24.3 Å². The van der Waals surface area contributed by atoms with E-state index in [-0.39, 0.29) is 5.82 Å². The molecule has 0 spiro atoms. The lowest BCUT2D eigenvalue weighted by atomic mass is 9.92. The Labute approximate surface area is 221 Å². The lowest BCUT2D eigenvalue weighted by molar-refractivity contribution is -0.177. The molecule has 0 bridgehead atoms. The van der Waals surface area contributed by atoms with Crippen molar-refractivity contribution in [3.05, 3.63) is 24.2 Å². The highest BCUT2D eigenvalue weighted by atomic mass is 16.7. The lowest BCUT2D eigenvalue weighted by Crippen LogP contribution is -2.44. The average molecular weight is 536 g/mol. The Kier molecular flexibility index (Phi) is 9.77. The third-order valence-electron chi connectivity index (χ3n) is 6.08. The van der Waals surface area contributed by atoms with E-state index < -0.39 is 54.8 Å². The van der Waals surface area contributed by atoms with Gasteiger partial charge in [0.25, 0.3) is 0 Å². The molecular formula is C25H37N5O8. The van der Waals surface area contributed by atoms with E-state index in [0.29, 0.717) is 17.8 Å². The monoisotopic (exact) mass is 535 g/mol. The largest absolute Gasteiger partial charge is 0.449 e. The molecule has 1 saturated heterocycles. The van der Waals surface area contributed by atoms with Crippen LogP contribution in [0.3, 0.4) is 0 Å². The minimum absolute atomic E-state index is 0.198. The van der Waals surface area contributed by atoms with Gasteiger partial charge in [-0.1, -0.05) is 19.8 Å². The number of hydrogen-bond donors (Lipinski definition) is 3. The predicted molar refractivity (Wildman–Crippen MR) is 137 cm³/mol. The van der Waals surface area contributed by atoms with Gasteiger partial charge in [0.1, 0.15) is 30.2 Å². The van der Waals surface area contributed by atoms with Crippen LogP contribution in [0.1, 0.15) is 52.7 Å². The van der Waals surface area contributed by atoms with Crippen molar-refractivity contribution in [3.8, 4) is 0 Å². The number of hydrogen-bond acceptors (Lipinski definition) is 11. The fourth-order valence-electron chi connectivity index (χ4n) is 4.11. The molecule has 210 valence electrons. The van der Waals surface area contributed by atoms with Crippen LogP contribution in [0, 0.1) is 5.41 Å². The van der Waals surface area contributed by atoms with E-state index in [1.807, 2.05) is 0 Å². The van der Waals surface area contributed by atoms with Crippen molar-refractivity contribution in [1.82, 2.24) is 14.6 Å². The summed E-state index contributed by atoms with van der Waals surface area (Å²) in [6, 6.07) is 3.29. The number of nitrogens with one attached hydrogen (secondary N) is 1. The number of aliphatic hydroxyl groups excluding tert-OH is 2. The Morgan fingerprint density at radius 1 is 1.29 bits per heavy atom. The van der Waals surface area contributed by atoms with Crippen LogP contribution < -0.4 is 5.32 Å². The number of aromatic nitrogens is 3. The quantitative estimate of drug-likeness (QED) is 0.168. The van der Waals surface area contributed by atoms with Gasteiger partial charge < -0.3 is 29.2 Å². The van der Waals surface area contributed by atoms with Gasteiger partial charge >= 0.3 is 12.1 Å². The van der Waals surface area contributed by atoms with E-state index in [9.17, 15) is 19.8 Å². The Bertz CT molecular complexity index is 1130. The summed E-state index contributed by atoms with van der Waals surface area (Å²) in [7, 11) is 1.51. The van der Waals surface area contributed by atoms with Gasteiger partial charge in [-0.05, 0) is 39.3 Å². The van der Waals surface area contributed by atoms with Crippen LogP contribution in [-0.2, 0) is 29.3 Å². The number of nitrogens with zero attached hydrogens (tertiary/aromatic N) is 4. The van der Waals surface area contributed by atoms with Crippen LogP contribution in [0.5, 0.6) is 0 Å². The summed E-state index contributed by atoms with van der Waals surface area (Å²) in [4.78, 5) is 32.6. The smallest absolute Gasteiger partial charge is 0.412 e. The zero-order chi connectivity index (χ0) is 27.9. The van der Waals surface area contributed by atoms with Crippen LogP contribution in [0.15, 0.2) is 23.5 Å². The Hall–Kier alpha value is -3.13. The molecule has 0 aromatic carbocycles. The summed E-state index contributed by atoms with van der Waals surface area (Å²) in [5, 5.41) is 28.3. The van der Waals surface area contributed by atoms with E-state index in [1.165, 1.54) is 24.1 Å². The van der Waals surface area contributed by atoms with Crippen molar-refractivity contribution in [2.45, 2.75) is 70.9 Å². The number of amides is 1. The summed E-state index contributed by atoms with van der Waals surface area (Å²) in [5.41, 5.74) is -1.55. The number of rotatable bonds is 11. The zero-order valence-electron chi connectivity index (χ0n) is 22.4. The molecule has 1 fully saturated rings. The number of carbonyl (C=O) groups excluding carboxylic acids is 2.